The Morgan fingerprint density at radius 1 is 0.525 bits per heavy atom. The predicted octanol–water partition coefficient (Wildman–Crippen LogP) is 6.66. The van der Waals surface area contributed by atoms with Crippen LogP contribution in [-0.4, -0.2) is 34.5 Å². The highest BCUT2D eigenvalue weighted by Crippen LogP contribution is 2.45. The van der Waals surface area contributed by atoms with Gasteiger partial charge in [0.05, 0.1) is 0 Å². The van der Waals surface area contributed by atoms with Crippen molar-refractivity contribution in [2.75, 3.05) is 0 Å². The Labute approximate surface area is 234 Å². The molecular weight excluding hydrogens is 504 g/mol. The molecule has 6 rings (SSSR count). The second-order valence-electron chi connectivity index (χ2n) is 11.7. The van der Waals surface area contributed by atoms with E-state index in [1.165, 1.54) is 6.07 Å². The summed E-state index contributed by atoms with van der Waals surface area (Å²) < 4.78 is 6.60. The molecule has 4 aliphatic rings. The van der Waals surface area contributed by atoms with Gasteiger partial charge in [-0.05, 0) is 31.6 Å². The van der Waals surface area contributed by atoms with Gasteiger partial charge in [0, 0.05) is 33.7 Å². The molecule has 0 N–H and O–H groups in total. The van der Waals surface area contributed by atoms with Crippen LogP contribution in [0.25, 0.3) is 0 Å². The number of allylic oxidation sites excluding steroid dienone is 2. The minimum absolute atomic E-state index is 0.0692. The number of carbonyl (C=O) groups is 5. The van der Waals surface area contributed by atoms with Gasteiger partial charge in [-0.25, -0.2) is 0 Å². The molecule has 2 saturated carbocycles. The minimum Gasteiger partial charge on any atom is -0.466 e. The zero-order chi connectivity index (χ0) is 27.9. The molecule has 0 amide bonds. The van der Waals surface area contributed by atoms with Crippen LogP contribution in [0.2, 0.25) is 0 Å². The van der Waals surface area contributed by atoms with E-state index in [2.05, 4.69) is 0 Å². The second kappa shape index (κ2) is 10.7. The summed E-state index contributed by atoms with van der Waals surface area (Å²) in [5.41, 5.74) is -1.15. The van der Waals surface area contributed by atoms with Crippen LogP contribution in [0, 0.1) is 11.8 Å². The van der Waals surface area contributed by atoms with Crippen LogP contribution in [0.15, 0.2) is 59.9 Å². The van der Waals surface area contributed by atoms with E-state index in [9.17, 15) is 24.0 Å². The molecule has 0 aromatic heterocycles. The van der Waals surface area contributed by atoms with Gasteiger partial charge in [-0.2, -0.15) is 0 Å². The molecule has 40 heavy (non-hydrogen) atoms. The van der Waals surface area contributed by atoms with Crippen molar-refractivity contribution in [3.8, 4) is 0 Å². The van der Waals surface area contributed by atoms with Crippen molar-refractivity contribution < 1.29 is 28.7 Å². The van der Waals surface area contributed by atoms with Gasteiger partial charge in [-0.3, -0.25) is 24.0 Å². The van der Waals surface area contributed by atoms with Gasteiger partial charge in [0.1, 0.15) is 0 Å². The summed E-state index contributed by atoms with van der Waals surface area (Å²) in [4.78, 5) is 70.4. The number of carbonyl (C=O) groups excluding carboxylic acids is 5. The third-order valence-corrected chi connectivity index (χ3v) is 9.37. The van der Waals surface area contributed by atoms with Gasteiger partial charge >= 0.3 is 0 Å². The number of benzene rings is 2. The van der Waals surface area contributed by atoms with Crippen LogP contribution < -0.4 is 0 Å². The Kier molecular flexibility index (Phi) is 7.11. The van der Waals surface area contributed by atoms with Crippen molar-refractivity contribution in [1.29, 1.82) is 0 Å². The van der Waals surface area contributed by atoms with Crippen LogP contribution >= 0.6 is 0 Å². The lowest BCUT2D eigenvalue weighted by Gasteiger charge is -2.41. The summed E-state index contributed by atoms with van der Waals surface area (Å²) in [6, 6.07) is 13.0. The van der Waals surface area contributed by atoms with Gasteiger partial charge < -0.3 is 4.74 Å². The van der Waals surface area contributed by atoms with Crippen molar-refractivity contribution >= 4 is 28.9 Å². The summed E-state index contributed by atoms with van der Waals surface area (Å²) in [7, 11) is 0. The summed E-state index contributed by atoms with van der Waals surface area (Å²) in [5.74, 6) is -4.04. The molecule has 0 spiro atoms. The lowest BCUT2D eigenvalue weighted by atomic mass is 9.68. The second-order valence-corrected chi connectivity index (χ2v) is 11.7. The van der Waals surface area contributed by atoms with Crippen LogP contribution in [0.4, 0.5) is 0 Å². The van der Waals surface area contributed by atoms with Crippen molar-refractivity contribution in [1.82, 2.24) is 0 Å². The number of hydrogen-bond donors (Lipinski definition) is 0. The molecule has 4 aliphatic carbocycles. The van der Waals surface area contributed by atoms with Gasteiger partial charge in [-0.15, -0.1) is 0 Å². The largest absolute Gasteiger partial charge is 0.466 e. The molecule has 2 fully saturated rings. The lowest BCUT2D eigenvalue weighted by molar-refractivity contribution is -0.135. The van der Waals surface area contributed by atoms with Crippen molar-refractivity contribution in [3.05, 3.63) is 82.1 Å². The monoisotopic (exact) mass is 538 g/mol. The highest BCUT2D eigenvalue weighted by atomic mass is 16.5. The van der Waals surface area contributed by atoms with Crippen LogP contribution in [-0.2, 0) is 9.53 Å². The highest BCUT2D eigenvalue weighted by molar-refractivity contribution is 6.55. The summed E-state index contributed by atoms with van der Waals surface area (Å²) in [5, 5.41) is 0. The first-order valence-corrected chi connectivity index (χ1v) is 14.8. The first-order chi connectivity index (χ1) is 19.4. The van der Waals surface area contributed by atoms with Crippen LogP contribution in [0.5, 0.6) is 0 Å². The standard InChI is InChI=1S/C34H34O6/c35-28-23-17-9-10-18-24(23)29(36)31(27(28)21-13-5-1-2-6-14-21)40-34(22-15-7-3-4-8-16-22)32(38)26-20-12-11-19-25(26)30(37)33(34)39/h9-12,17-22H,1-8,13-16H2/t34-/m0/s1. The number of fused-ring (bicyclic) bond motifs is 2. The van der Waals surface area contributed by atoms with Gasteiger partial charge in [0.25, 0.3) is 5.78 Å². The van der Waals surface area contributed by atoms with Crippen molar-refractivity contribution in [2.24, 2.45) is 11.8 Å². The van der Waals surface area contributed by atoms with Gasteiger partial charge in [0.2, 0.25) is 23.0 Å². The molecule has 0 unspecified atom stereocenters. The van der Waals surface area contributed by atoms with E-state index in [4.69, 9.17) is 4.74 Å². The van der Waals surface area contributed by atoms with E-state index in [0.29, 0.717) is 18.4 Å². The summed E-state index contributed by atoms with van der Waals surface area (Å²) >= 11 is 0. The summed E-state index contributed by atoms with van der Waals surface area (Å²) in [6.07, 6.45) is 9.93. The quantitative estimate of drug-likeness (QED) is 0.245. The zero-order valence-corrected chi connectivity index (χ0v) is 22.7. The Bertz CT molecular complexity index is 1430. The average Bonchev–Trinajstić information content (AvgIpc) is 3.43. The van der Waals surface area contributed by atoms with Gasteiger partial charge in [0.15, 0.2) is 11.5 Å². The lowest BCUT2D eigenvalue weighted by Crippen LogP contribution is -2.60. The number of hydrogen-bond acceptors (Lipinski definition) is 6. The number of ether oxygens (including phenoxy) is 1. The molecule has 6 nitrogen and oxygen atoms in total. The molecule has 2 aromatic carbocycles. The highest BCUT2D eigenvalue weighted by Gasteiger charge is 2.61. The molecule has 206 valence electrons. The minimum atomic E-state index is -2.16. The van der Waals surface area contributed by atoms with Gasteiger partial charge in [-0.1, -0.05) is 99.9 Å². The van der Waals surface area contributed by atoms with Crippen LogP contribution in [0.1, 0.15) is 118 Å². The number of ketones is 5. The van der Waals surface area contributed by atoms with E-state index in [1.807, 2.05) is 0 Å². The summed E-state index contributed by atoms with van der Waals surface area (Å²) in [6.45, 7) is 0. The van der Waals surface area contributed by atoms with Crippen molar-refractivity contribution in [3.63, 3.8) is 0 Å². The third kappa shape index (κ3) is 4.20. The van der Waals surface area contributed by atoms with Crippen LogP contribution in [0.3, 0.4) is 0 Å². The third-order valence-electron chi connectivity index (χ3n) is 9.37. The Morgan fingerprint density at radius 3 is 1.57 bits per heavy atom. The average molecular weight is 539 g/mol. The number of rotatable bonds is 4. The first kappa shape index (κ1) is 26.5. The Balaban J connectivity index is 1.57. The van der Waals surface area contributed by atoms with E-state index >= 15 is 0 Å². The maximum atomic E-state index is 14.4. The fourth-order valence-electron chi connectivity index (χ4n) is 7.28. The van der Waals surface area contributed by atoms with E-state index in [1.54, 1.807) is 42.5 Å². The molecule has 6 heteroatoms. The zero-order valence-electron chi connectivity index (χ0n) is 22.7. The molecule has 0 saturated heterocycles. The molecular formula is C34H34O6. The maximum Gasteiger partial charge on any atom is 0.255 e. The predicted molar refractivity (Wildman–Crippen MR) is 148 cm³/mol. The van der Waals surface area contributed by atoms with E-state index < -0.39 is 34.7 Å². The Morgan fingerprint density at radius 2 is 1.00 bits per heavy atom. The fourth-order valence-corrected chi connectivity index (χ4v) is 7.28. The SMILES string of the molecule is O=C1C(O[C@]2(C3CCCCCC3)C(=O)C(=O)c3ccccc3C2=O)=C(C2CCCCCC2)C(=O)c2ccccc21. The molecule has 0 heterocycles. The molecule has 2 aromatic rings. The molecule has 0 bridgehead atoms. The maximum absolute atomic E-state index is 14.4. The molecule has 0 aliphatic heterocycles. The normalized spacial score (nSPS) is 24.9. The topological polar surface area (TPSA) is 94.6 Å². The van der Waals surface area contributed by atoms with Crippen molar-refractivity contribution in [2.45, 2.75) is 82.7 Å². The van der Waals surface area contributed by atoms with E-state index in [0.717, 1.165) is 64.2 Å². The smallest absolute Gasteiger partial charge is 0.255 e. The number of Topliss-reactive ketones (excluding diaryl/α,β-unsaturated/α-hetero) is 5. The molecule has 0 radical (unpaired) electrons. The Hall–Kier alpha value is -3.67. The van der Waals surface area contributed by atoms with E-state index in [-0.39, 0.29) is 39.7 Å². The molecule has 1 atom stereocenters. The fraction of sp³-hybridized carbons (Fsp3) is 0.441. The first-order valence-electron chi connectivity index (χ1n) is 14.8.